The molecule has 11 heteroatoms. The molecule has 2 N–H and O–H groups in total. The van der Waals surface area contributed by atoms with E-state index in [0.717, 1.165) is 12.1 Å². The summed E-state index contributed by atoms with van der Waals surface area (Å²) in [6.07, 6.45) is 2.99. The SMILES string of the molecule is CC1(C)OB(c2cnc3[nH]cc(NS(=O)(=O)c4ccc(F)cc4F)c3c2)OC1(C)C. The standard InChI is InChI=1S/C19H20BF2N3O4S/c1-18(2)19(3,4)29-20(28-18)11-7-13-15(10-24-17(13)23-9-11)25-30(26,27)16-6-5-12(21)8-14(16)22/h5-10,25H,1-4H3,(H,23,24). The van der Waals surface area contributed by atoms with Crippen LogP contribution in [0.25, 0.3) is 11.0 Å². The molecule has 1 fully saturated rings. The number of hydrogen-bond donors (Lipinski definition) is 2. The molecule has 0 atom stereocenters. The van der Waals surface area contributed by atoms with E-state index in [4.69, 9.17) is 9.31 Å². The molecule has 0 bridgehead atoms. The summed E-state index contributed by atoms with van der Waals surface area (Å²) in [5, 5.41) is 0.452. The van der Waals surface area contributed by atoms with Crippen molar-refractivity contribution in [1.29, 1.82) is 0 Å². The number of sulfonamides is 1. The number of aromatic amines is 1. The zero-order valence-corrected chi connectivity index (χ0v) is 17.6. The first-order chi connectivity index (χ1) is 13.9. The molecule has 0 saturated carbocycles. The van der Waals surface area contributed by atoms with E-state index in [1.807, 2.05) is 27.7 Å². The molecule has 0 spiro atoms. The Hall–Kier alpha value is -2.50. The summed E-state index contributed by atoms with van der Waals surface area (Å²) in [6, 6.07) is 3.96. The predicted molar refractivity (Wildman–Crippen MR) is 109 cm³/mol. The summed E-state index contributed by atoms with van der Waals surface area (Å²) in [7, 11) is -4.97. The lowest BCUT2D eigenvalue weighted by Gasteiger charge is -2.32. The number of aromatic nitrogens is 2. The van der Waals surface area contributed by atoms with Gasteiger partial charge >= 0.3 is 7.12 Å². The van der Waals surface area contributed by atoms with Gasteiger partial charge in [-0.1, -0.05) is 0 Å². The fourth-order valence-corrected chi connectivity index (χ4v) is 4.24. The average molecular weight is 435 g/mol. The largest absolute Gasteiger partial charge is 0.496 e. The number of halogens is 2. The molecule has 4 rings (SSSR count). The number of benzene rings is 1. The number of rotatable bonds is 4. The van der Waals surface area contributed by atoms with Crippen molar-refractivity contribution < 1.29 is 26.5 Å². The Morgan fingerprint density at radius 2 is 1.77 bits per heavy atom. The van der Waals surface area contributed by atoms with E-state index in [9.17, 15) is 17.2 Å². The minimum atomic E-state index is -4.29. The van der Waals surface area contributed by atoms with Gasteiger partial charge in [0.15, 0.2) is 0 Å². The number of nitrogens with zero attached hydrogens (tertiary/aromatic N) is 1. The lowest BCUT2D eigenvalue weighted by molar-refractivity contribution is 0.00578. The van der Waals surface area contributed by atoms with Gasteiger partial charge in [0.1, 0.15) is 22.2 Å². The number of fused-ring (bicyclic) bond motifs is 1. The van der Waals surface area contributed by atoms with Gasteiger partial charge in [-0.05, 0) is 45.9 Å². The highest BCUT2D eigenvalue weighted by Gasteiger charge is 2.51. The van der Waals surface area contributed by atoms with Crippen LogP contribution in [0.3, 0.4) is 0 Å². The molecule has 0 unspecified atom stereocenters. The van der Waals surface area contributed by atoms with Gasteiger partial charge in [0.05, 0.1) is 16.9 Å². The van der Waals surface area contributed by atoms with Crippen LogP contribution in [0.2, 0.25) is 0 Å². The lowest BCUT2D eigenvalue weighted by Crippen LogP contribution is -2.41. The van der Waals surface area contributed by atoms with E-state index < -0.39 is 44.9 Å². The summed E-state index contributed by atoms with van der Waals surface area (Å²) in [6.45, 7) is 7.69. The molecule has 0 amide bonds. The molecule has 2 aromatic heterocycles. The smallest absolute Gasteiger partial charge is 0.399 e. The summed E-state index contributed by atoms with van der Waals surface area (Å²) < 4.78 is 66.7. The number of H-pyrrole nitrogens is 1. The van der Waals surface area contributed by atoms with Gasteiger partial charge in [-0.3, -0.25) is 4.72 Å². The van der Waals surface area contributed by atoms with Crippen LogP contribution in [0, 0.1) is 11.6 Å². The maximum absolute atomic E-state index is 14.0. The molecular formula is C19H20BF2N3O4S. The highest BCUT2D eigenvalue weighted by molar-refractivity contribution is 7.92. The van der Waals surface area contributed by atoms with Crippen molar-refractivity contribution in [2.75, 3.05) is 4.72 Å². The Bertz CT molecular complexity index is 1230. The zero-order valence-electron chi connectivity index (χ0n) is 16.8. The zero-order chi connectivity index (χ0) is 21.9. The van der Waals surface area contributed by atoms with Crippen LogP contribution in [0.1, 0.15) is 27.7 Å². The summed E-state index contributed by atoms with van der Waals surface area (Å²) >= 11 is 0. The van der Waals surface area contributed by atoms with E-state index in [-0.39, 0.29) is 5.69 Å². The molecular weight excluding hydrogens is 415 g/mol. The van der Waals surface area contributed by atoms with E-state index in [1.54, 1.807) is 12.3 Å². The van der Waals surface area contributed by atoms with Crippen molar-refractivity contribution in [2.45, 2.75) is 43.8 Å². The maximum Gasteiger partial charge on any atom is 0.496 e. The van der Waals surface area contributed by atoms with Gasteiger partial charge in [-0.2, -0.15) is 0 Å². The second-order valence-corrected chi connectivity index (χ2v) is 9.79. The topological polar surface area (TPSA) is 93.3 Å². The lowest BCUT2D eigenvalue weighted by atomic mass is 9.80. The van der Waals surface area contributed by atoms with Crippen LogP contribution in [-0.4, -0.2) is 36.7 Å². The number of anilines is 1. The van der Waals surface area contributed by atoms with E-state index in [2.05, 4.69) is 14.7 Å². The maximum atomic E-state index is 14.0. The minimum Gasteiger partial charge on any atom is -0.399 e. The first kappa shape index (κ1) is 20.8. The third-order valence-electron chi connectivity index (χ3n) is 5.51. The van der Waals surface area contributed by atoms with Crippen LogP contribution in [0.15, 0.2) is 41.6 Å². The molecule has 1 aromatic carbocycles. The third-order valence-corrected chi connectivity index (χ3v) is 6.90. The number of hydrogen-bond acceptors (Lipinski definition) is 5. The molecule has 1 aliphatic rings. The van der Waals surface area contributed by atoms with Crippen molar-refractivity contribution in [3.05, 3.63) is 48.3 Å². The van der Waals surface area contributed by atoms with Gasteiger partial charge in [-0.25, -0.2) is 22.2 Å². The van der Waals surface area contributed by atoms with E-state index >= 15 is 0 Å². The first-order valence-corrected chi connectivity index (χ1v) is 10.7. The first-order valence-electron chi connectivity index (χ1n) is 9.20. The molecule has 3 heterocycles. The highest BCUT2D eigenvalue weighted by Crippen LogP contribution is 2.36. The minimum absolute atomic E-state index is 0.166. The van der Waals surface area contributed by atoms with Crippen LogP contribution >= 0.6 is 0 Å². The Morgan fingerprint density at radius 1 is 1.10 bits per heavy atom. The fraction of sp³-hybridized carbons (Fsp3) is 0.316. The quantitative estimate of drug-likeness (QED) is 0.615. The predicted octanol–water partition coefficient (Wildman–Crippen LogP) is 2.94. The van der Waals surface area contributed by atoms with Crippen LogP contribution in [0.5, 0.6) is 0 Å². The van der Waals surface area contributed by atoms with Gasteiger partial charge < -0.3 is 14.3 Å². The van der Waals surface area contributed by atoms with Crippen LogP contribution < -0.4 is 10.2 Å². The molecule has 158 valence electrons. The number of pyridine rings is 1. The van der Waals surface area contributed by atoms with Gasteiger partial charge in [-0.15, -0.1) is 0 Å². The molecule has 0 radical (unpaired) electrons. The molecule has 7 nitrogen and oxygen atoms in total. The average Bonchev–Trinajstić information content (AvgIpc) is 3.11. The normalized spacial score (nSPS) is 18.1. The van der Waals surface area contributed by atoms with Crippen LogP contribution in [-0.2, 0) is 19.3 Å². The molecule has 0 aliphatic carbocycles. The monoisotopic (exact) mass is 435 g/mol. The fourth-order valence-electron chi connectivity index (χ4n) is 3.10. The highest BCUT2D eigenvalue weighted by atomic mass is 32.2. The van der Waals surface area contributed by atoms with Crippen molar-refractivity contribution in [3.8, 4) is 0 Å². The summed E-state index contributed by atoms with van der Waals surface area (Å²) in [4.78, 5) is 6.50. The van der Waals surface area contributed by atoms with Gasteiger partial charge in [0, 0.05) is 29.3 Å². The molecule has 1 saturated heterocycles. The van der Waals surface area contributed by atoms with Crippen molar-refractivity contribution >= 4 is 39.3 Å². The molecule has 30 heavy (non-hydrogen) atoms. The Balaban J connectivity index is 1.69. The van der Waals surface area contributed by atoms with Crippen molar-refractivity contribution in [1.82, 2.24) is 9.97 Å². The number of nitrogens with one attached hydrogen (secondary N) is 2. The second-order valence-electron chi connectivity index (χ2n) is 8.14. The van der Waals surface area contributed by atoms with Crippen LogP contribution in [0.4, 0.5) is 14.5 Å². The van der Waals surface area contributed by atoms with Gasteiger partial charge in [0.25, 0.3) is 10.0 Å². The molecule has 3 aromatic rings. The molecule has 1 aliphatic heterocycles. The van der Waals surface area contributed by atoms with Crippen molar-refractivity contribution in [2.24, 2.45) is 0 Å². The van der Waals surface area contributed by atoms with Crippen molar-refractivity contribution in [3.63, 3.8) is 0 Å². The van der Waals surface area contributed by atoms with E-state index in [1.165, 1.54) is 6.20 Å². The Labute approximate surface area is 173 Å². The summed E-state index contributed by atoms with van der Waals surface area (Å²) in [5.74, 6) is -2.05. The third kappa shape index (κ3) is 3.46. The second kappa shape index (κ2) is 6.76. The van der Waals surface area contributed by atoms with Gasteiger partial charge in [0.2, 0.25) is 0 Å². The van der Waals surface area contributed by atoms with E-state index in [0.29, 0.717) is 22.6 Å². The Kier molecular flexibility index (Phi) is 4.68. The Morgan fingerprint density at radius 3 is 2.40 bits per heavy atom. The summed E-state index contributed by atoms with van der Waals surface area (Å²) in [5.41, 5.74) is 0.103.